The van der Waals surface area contributed by atoms with Crippen LogP contribution in [0.2, 0.25) is 0 Å². The van der Waals surface area contributed by atoms with E-state index in [-0.39, 0.29) is 22.8 Å². The highest BCUT2D eigenvalue weighted by molar-refractivity contribution is 5.95. The molecule has 0 fully saturated rings. The fraction of sp³-hybridized carbons (Fsp3) is 0.147. The fourth-order valence-electron chi connectivity index (χ4n) is 9.24. The molecule has 0 heterocycles. The molecule has 0 atom stereocenters. The van der Waals surface area contributed by atoms with Crippen LogP contribution in [0.25, 0.3) is 9.69 Å². The lowest BCUT2D eigenvalue weighted by Crippen LogP contribution is -2.11. The van der Waals surface area contributed by atoms with Gasteiger partial charge in [-0.25, -0.2) is 9.69 Å². The zero-order valence-electron chi connectivity index (χ0n) is 49.1. The molecule has 8 nitrogen and oxygen atoms in total. The van der Waals surface area contributed by atoms with Crippen molar-refractivity contribution in [3.63, 3.8) is 0 Å². The lowest BCUT2D eigenvalue weighted by atomic mass is 9.96. The van der Waals surface area contributed by atoms with E-state index in [2.05, 4.69) is 39.4 Å². The predicted molar refractivity (Wildman–Crippen MR) is 339 cm³/mol. The quantitative estimate of drug-likeness (QED) is 0.0281. The molecule has 0 aromatic heterocycles. The highest BCUT2D eigenvalue weighted by atomic mass is 19.4. The predicted octanol–water partition coefficient (Wildman–Crippen LogP) is 17.5. The van der Waals surface area contributed by atoms with Gasteiger partial charge in [0.2, 0.25) is 0 Å². The van der Waals surface area contributed by atoms with Crippen molar-refractivity contribution in [1.29, 1.82) is 21.3 Å². The Morgan fingerprint density at radius 2 is 0.565 bits per heavy atom. The summed E-state index contributed by atoms with van der Waals surface area (Å²) >= 11 is 0. The first-order valence-electron chi connectivity index (χ1n) is 28.3. The van der Waals surface area contributed by atoms with Crippen molar-refractivity contribution in [2.45, 2.75) is 69.9 Å². The lowest BCUT2D eigenvalue weighted by molar-refractivity contribution is -0.138. The second-order valence-electron chi connectivity index (χ2n) is 21.0. The van der Waals surface area contributed by atoms with Crippen molar-refractivity contribution in [2.75, 3.05) is 0 Å². The molecule has 0 amide bonds. The van der Waals surface area contributed by atoms with Crippen molar-refractivity contribution in [3.8, 4) is 35.8 Å². The van der Waals surface area contributed by atoms with Gasteiger partial charge in [-0.3, -0.25) is 10.8 Å². The summed E-state index contributed by atoms with van der Waals surface area (Å²) in [4.78, 5) is 6.63. The second-order valence-corrected chi connectivity index (χ2v) is 21.0. The second kappa shape index (κ2) is 31.5. The van der Waals surface area contributed by atoms with Crippen LogP contribution in [-0.2, 0) is 69.9 Å². The molecule has 17 heteroatoms. The Balaban J connectivity index is 0.000000196. The van der Waals surface area contributed by atoms with Gasteiger partial charge in [0.1, 0.15) is 11.7 Å². The average Bonchev–Trinajstić information content (AvgIpc) is 1.06. The van der Waals surface area contributed by atoms with E-state index in [1.54, 1.807) is 97.1 Å². The number of nitrogen functional groups attached to an aromatic ring is 2. The van der Waals surface area contributed by atoms with E-state index in [0.717, 1.165) is 34.4 Å². The molecule has 0 aliphatic rings. The number of hydrogen-bond donors (Lipinski definition) is 4. The Morgan fingerprint density at radius 1 is 0.326 bits per heavy atom. The first-order valence-corrected chi connectivity index (χ1v) is 28.3. The minimum atomic E-state index is -4.53. The van der Waals surface area contributed by atoms with Crippen molar-refractivity contribution < 1.29 is 39.5 Å². The highest BCUT2D eigenvalue weighted by Gasteiger charge is 2.33. The normalized spacial score (nSPS) is 10.8. The monoisotopic (exact) mass is 1240 g/mol. The summed E-state index contributed by atoms with van der Waals surface area (Å²) in [5.74, 6) is 11.0. The van der Waals surface area contributed by atoms with Crippen molar-refractivity contribution in [2.24, 2.45) is 11.5 Å². The van der Waals surface area contributed by atoms with E-state index in [0.29, 0.717) is 118 Å². The molecule has 9 rings (SSSR count). The lowest BCUT2D eigenvalue weighted by Gasteiger charge is -2.13. The van der Waals surface area contributed by atoms with Gasteiger partial charge in [0.05, 0.1) is 53.1 Å². The van der Waals surface area contributed by atoms with Gasteiger partial charge in [0.15, 0.2) is 11.4 Å². The van der Waals surface area contributed by atoms with E-state index in [9.17, 15) is 39.5 Å². The first-order chi connectivity index (χ1) is 43.8. The number of alkyl halides is 9. The van der Waals surface area contributed by atoms with Crippen molar-refractivity contribution >= 4 is 23.0 Å². The summed E-state index contributed by atoms with van der Waals surface area (Å²) in [6.45, 7) is 13.9. The van der Waals surface area contributed by atoms with Gasteiger partial charge in [-0.05, 0) is 169 Å². The third kappa shape index (κ3) is 21.3. The van der Waals surface area contributed by atoms with Crippen LogP contribution in [-0.4, -0.2) is 11.7 Å². The van der Waals surface area contributed by atoms with Crippen LogP contribution in [0.5, 0.6) is 0 Å². The topological polar surface area (TPSA) is 156 Å². The molecule has 0 saturated carbocycles. The maximum atomic E-state index is 13.5. The van der Waals surface area contributed by atoms with E-state index >= 15 is 0 Å². The third-order valence-electron chi connectivity index (χ3n) is 14.2. The Kier molecular flexibility index (Phi) is 23.2. The maximum absolute atomic E-state index is 13.5. The molecule has 0 unspecified atom stereocenters. The number of hydrogen-bond acceptors (Lipinski definition) is 4. The van der Waals surface area contributed by atoms with E-state index in [4.69, 9.17) is 46.0 Å². The molecular weight excluding hydrogens is 1180 g/mol. The molecule has 458 valence electrons. The van der Waals surface area contributed by atoms with E-state index < -0.39 is 35.2 Å². The Bertz CT molecular complexity index is 4110. The number of nitriles is 2. The molecule has 6 N–H and O–H groups in total. The van der Waals surface area contributed by atoms with E-state index in [1.807, 2.05) is 66.7 Å². The van der Waals surface area contributed by atoms with Gasteiger partial charge in [-0.2, -0.15) is 50.0 Å². The van der Waals surface area contributed by atoms with Crippen LogP contribution in [0, 0.1) is 70.3 Å². The Hall–Kier alpha value is -11.6. The summed E-state index contributed by atoms with van der Waals surface area (Å²) in [6.07, 6.45) is -9.01. The Morgan fingerprint density at radius 3 is 0.859 bits per heavy atom. The number of nitrogens with two attached hydrogens (primary N) is 2. The first kappa shape index (κ1) is 67.9. The van der Waals surface area contributed by atoms with Gasteiger partial charge in [0, 0.05) is 33.4 Å². The molecule has 0 aliphatic carbocycles. The molecule has 9 aromatic rings. The molecule has 0 aliphatic heterocycles. The molecular formula is C75H55F9N8. The molecule has 0 saturated heterocycles. The van der Waals surface area contributed by atoms with Gasteiger partial charge in [0.25, 0.3) is 0 Å². The fourth-order valence-corrected chi connectivity index (χ4v) is 9.24. The van der Waals surface area contributed by atoms with Crippen LogP contribution >= 0.6 is 0 Å². The number of halogens is 9. The summed E-state index contributed by atoms with van der Waals surface area (Å²) in [7, 11) is 0. The maximum Gasteiger partial charge on any atom is 0.416 e. The largest absolute Gasteiger partial charge is 0.416 e. The average molecular weight is 1240 g/mol. The van der Waals surface area contributed by atoms with Crippen LogP contribution < -0.4 is 11.5 Å². The number of amidine groups is 2. The number of nitrogens with zero attached hydrogens (tertiary/aromatic N) is 4. The molecule has 0 spiro atoms. The zero-order chi connectivity index (χ0) is 66.4. The molecule has 9 aromatic carbocycles. The van der Waals surface area contributed by atoms with Crippen LogP contribution in [0.15, 0.2) is 200 Å². The zero-order valence-corrected chi connectivity index (χ0v) is 49.1. The van der Waals surface area contributed by atoms with Crippen molar-refractivity contribution in [3.05, 3.63) is 329 Å². The minimum absolute atomic E-state index is 0.0185. The third-order valence-corrected chi connectivity index (χ3v) is 14.2. The van der Waals surface area contributed by atoms with Gasteiger partial charge in [-0.1, -0.05) is 151 Å². The minimum Gasteiger partial charge on any atom is -0.384 e. The van der Waals surface area contributed by atoms with Gasteiger partial charge in [-0.15, -0.1) is 0 Å². The standard InChI is InChI=1S/C25H25F3N4.C25H19F3N2.C25H11F3N2/c26-25(27,28)22-14-18(3-1-16-5-9-20(10-6-16)23(29)30)13-19(15-22)4-2-17-7-11-21(12-8-17)24(31)32;2*1-30-24-12-10-19(11-13-24)5-9-22-14-21(15-23(16-22)25(26,27)28)8-4-18-2-6-20(17-29)7-3-18/h5-15H,1-4H2,(H3,29,30)(H3,31,32);2-3,6-7,10-16H,4-5,8-9H2;2-3,6-7,10-16H. The van der Waals surface area contributed by atoms with Crippen LogP contribution in [0.4, 0.5) is 50.9 Å². The van der Waals surface area contributed by atoms with E-state index in [1.165, 1.54) is 30.3 Å². The van der Waals surface area contributed by atoms with Gasteiger partial charge < -0.3 is 11.5 Å². The SMILES string of the molecule is N=C(N)c1ccc(CCc2cc(CCc3ccc(C(=N)N)cc3)cc(C(F)(F)F)c2)cc1.[C-]#[N+]c1ccc(C#Cc2cc(C#Cc3ccc(C#N)cc3)cc(C(F)(F)F)c2)cc1.[C-]#[N+]c1ccc(CCc2cc(CCc3ccc(C#N)cc3)cc(C(F)(F)F)c2)cc1. The summed E-state index contributed by atoms with van der Waals surface area (Å²) in [5.41, 5.74) is 20.1. The summed E-state index contributed by atoms with van der Waals surface area (Å²) in [5, 5.41) is 32.5. The van der Waals surface area contributed by atoms with Gasteiger partial charge >= 0.3 is 18.5 Å². The highest BCUT2D eigenvalue weighted by Crippen LogP contribution is 2.34. The molecule has 0 radical (unpaired) electrons. The summed E-state index contributed by atoms with van der Waals surface area (Å²) < 4.78 is 120. The number of rotatable bonds is 14. The summed E-state index contributed by atoms with van der Waals surface area (Å²) in [6, 6.07) is 57.5. The van der Waals surface area contributed by atoms with Crippen LogP contribution in [0.1, 0.15) is 106 Å². The van der Waals surface area contributed by atoms with Crippen LogP contribution in [0.3, 0.4) is 0 Å². The molecule has 92 heavy (non-hydrogen) atoms. The number of benzene rings is 9. The molecule has 0 bridgehead atoms. The Labute approximate surface area is 527 Å². The number of nitrogens with one attached hydrogen (secondary N) is 2. The van der Waals surface area contributed by atoms with Crippen molar-refractivity contribution in [1.82, 2.24) is 0 Å². The number of aryl methyl sites for hydroxylation is 8. The smallest absolute Gasteiger partial charge is 0.384 e.